The lowest BCUT2D eigenvalue weighted by molar-refractivity contribution is 0.0606. The van der Waals surface area contributed by atoms with Crippen molar-refractivity contribution in [1.82, 2.24) is 4.98 Å². The van der Waals surface area contributed by atoms with Crippen LogP contribution in [0.3, 0.4) is 0 Å². The Morgan fingerprint density at radius 3 is 2.84 bits per heavy atom. The highest BCUT2D eigenvalue weighted by Crippen LogP contribution is 2.21. The van der Waals surface area contributed by atoms with Gasteiger partial charge in [0.1, 0.15) is 17.2 Å². The number of ether oxygens (including phenoxy) is 3. The fourth-order valence-electron chi connectivity index (χ4n) is 2.36. The van der Waals surface area contributed by atoms with Crippen LogP contribution in [0.25, 0.3) is 0 Å². The summed E-state index contributed by atoms with van der Waals surface area (Å²) in [5.74, 6) is -0.100. The molecule has 1 aliphatic rings. The summed E-state index contributed by atoms with van der Waals surface area (Å²) < 4.78 is 15.8. The van der Waals surface area contributed by atoms with E-state index in [4.69, 9.17) is 9.47 Å². The van der Waals surface area contributed by atoms with Gasteiger partial charge in [0.2, 0.25) is 0 Å². The van der Waals surface area contributed by atoms with E-state index in [1.807, 2.05) is 0 Å². The summed E-state index contributed by atoms with van der Waals surface area (Å²) in [6, 6.07) is 6.83. The third kappa shape index (κ3) is 4.55. The summed E-state index contributed by atoms with van der Waals surface area (Å²) in [5, 5.41) is 2.99. The lowest BCUT2D eigenvalue weighted by Gasteiger charge is -2.11. The van der Waals surface area contributed by atoms with Gasteiger partial charge in [-0.1, -0.05) is 11.3 Å². The van der Waals surface area contributed by atoms with Gasteiger partial charge in [-0.05, 0) is 37.1 Å². The predicted octanol–water partition coefficient (Wildman–Crippen LogP) is 2.74. The maximum absolute atomic E-state index is 12.2. The minimum atomic E-state index is -0.481. The maximum atomic E-state index is 12.2. The quantitative estimate of drug-likeness (QED) is 0.795. The first-order valence-corrected chi connectivity index (χ1v) is 8.67. The number of methoxy groups -OCH3 is 1. The number of benzene rings is 1. The van der Waals surface area contributed by atoms with Crippen molar-refractivity contribution in [1.29, 1.82) is 0 Å². The van der Waals surface area contributed by atoms with Crippen molar-refractivity contribution < 1.29 is 23.8 Å². The minimum absolute atomic E-state index is 0.150. The fourth-order valence-corrected chi connectivity index (χ4v) is 3.09. The van der Waals surface area contributed by atoms with E-state index in [0.717, 1.165) is 30.8 Å². The average Bonchev–Trinajstić information content (AvgIpc) is 3.31. The molecule has 1 unspecified atom stereocenters. The van der Waals surface area contributed by atoms with Crippen LogP contribution in [0, 0.1) is 0 Å². The van der Waals surface area contributed by atoms with E-state index >= 15 is 0 Å². The number of carbonyl (C=O) groups excluding carboxylic acids is 2. The van der Waals surface area contributed by atoms with E-state index in [2.05, 4.69) is 15.0 Å². The second-order valence-electron chi connectivity index (χ2n) is 5.45. The summed E-state index contributed by atoms with van der Waals surface area (Å²) in [7, 11) is 1.29. The first kappa shape index (κ1) is 17.4. The molecule has 0 bridgehead atoms. The van der Waals surface area contributed by atoms with Crippen molar-refractivity contribution >= 4 is 28.3 Å². The van der Waals surface area contributed by atoms with Gasteiger partial charge in [-0.2, -0.15) is 0 Å². The largest absolute Gasteiger partial charge is 0.491 e. The number of nitrogens with zero attached hydrogens (tertiary/aromatic N) is 1. The number of hydrogen-bond donors (Lipinski definition) is 1. The first-order chi connectivity index (χ1) is 12.2. The van der Waals surface area contributed by atoms with Crippen molar-refractivity contribution in [3.63, 3.8) is 0 Å². The van der Waals surface area contributed by atoms with Gasteiger partial charge in [0, 0.05) is 12.2 Å². The van der Waals surface area contributed by atoms with Gasteiger partial charge in [0.25, 0.3) is 5.91 Å². The number of rotatable bonds is 6. The smallest absolute Gasteiger partial charge is 0.349 e. The molecule has 1 aromatic heterocycles. The second-order valence-corrected chi connectivity index (χ2v) is 6.48. The third-order valence-electron chi connectivity index (χ3n) is 3.69. The van der Waals surface area contributed by atoms with E-state index < -0.39 is 5.97 Å². The van der Waals surface area contributed by atoms with Gasteiger partial charge in [-0.3, -0.25) is 10.1 Å². The highest BCUT2D eigenvalue weighted by atomic mass is 32.1. The Bertz CT molecular complexity index is 738. The normalized spacial score (nSPS) is 16.4. The average molecular weight is 362 g/mol. The van der Waals surface area contributed by atoms with Crippen LogP contribution < -0.4 is 10.1 Å². The lowest BCUT2D eigenvalue weighted by Crippen LogP contribution is -2.16. The summed E-state index contributed by atoms with van der Waals surface area (Å²) in [6.45, 7) is 1.31. The number of hydrogen-bond acceptors (Lipinski definition) is 7. The van der Waals surface area contributed by atoms with Crippen LogP contribution in [0.5, 0.6) is 5.75 Å². The molecule has 25 heavy (non-hydrogen) atoms. The highest BCUT2D eigenvalue weighted by Gasteiger charge is 2.16. The molecule has 7 nitrogen and oxygen atoms in total. The number of nitrogens with one attached hydrogen (secondary N) is 1. The van der Waals surface area contributed by atoms with Crippen molar-refractivity contribution in [2.24, 2.45) is 0 Å². The van der Waals surface area contributed by atoms with E-state index in [0.29, 0.717) is 27.9 Å². The zero-order chi connectivity index (χ0) is 17.6. The van der Waals surface area contributed by atoms with Crippen LogP contribution in [0.4, 0.5) is 5.13 Å². The number of thiazole rings is 1. The van der Waals surface area contributed by atoms with Crippen LogP contribution in [0.2, 0.25) is 0 Å². The molecule has 132 valence electrons. The summed E-state index contributed by atoms with van der Waals surface area (Å²) in [4.78, 5) is 27.9. The molecule has 1 atom stereocenters. The van der Waals surface area contributed by atoms with Gasteiger partial charge >= 0.3 is 5.97 Å². The van der Waals surface area contributed by atoms with Crippen LogP contribution >= 0.6 is 11.3 Å². The van der Waals surface area contributed by atoms with E-state index in [1.54, 1.807) is 24.3 Å². The molecule has 1 saturated heterocycles. The van der Waals surface area contributed by atoms with Crippen molar-refractivity contribution in [3.05, 3.63) is 40.9 Å². The summed E-state index contributed by atoms with van der Waals surface area (Å²) in [6.07, 6.45) is 3.61. The maximum Gasteiger partial charge on any atom is 0.349 e. The van der Waals surface area contributed by atoms with Gasteiger partial charge in [0.05, 0.1) is 19.4 Å². The molecule has 1 fully saturated rings. The Balaban J connectivity index is 1.55. The Morgan fingerprint density at radius 2 is 2.16 bits per heavy atom. The monoisotopic (exact) mass is 362 g/mol. The second kappa shape index (κ2) is 8.09. The topological polar surface area (TPSA) is 86.8 Å². The van der Waals surface area contributed by atoms with Crippen LogP contribution in [0.15, 0.2) is 30.5 Å². The van der Waals surface area contributed by atoms with Crippen LogP contribution in [-0.4, -0.2) is 43.3 Å². The molecule has 1 aliphatic heterocycles. The molecule has 0 spiro atoms. The number of carbonyl (C=O) groups is 2. The number of anilines is 1. The zero-order valence-electron chi connectivity index (χ0n) is 13.7. The van der Waals surface area contributed by atoms with E-state index in [1.165, 1.54) is 13.3 Å². The first-order valence-electron chi connectivity index (χ1n) is 7.85. The van der Waals surface area contributed by atoms with Gasteiger partial charge < -0.3 is 14.2 Å². The highest BCUT2D eigenvalue weighted by molar-refractivity contribution is 7.17. The molecule has 1 amide bonds. The van der Waals surface area contributed by atoms with Crippen LogP contribution in [-0.2, 0) is 9.47 Å². The number of esters is 1. The number of aromatic nitrogens is 1. The molecule has 8 heteroatoms. The van der Waals surface area contributed by atoms with Crippen molar-refractivity contribution in [2.45, 2.75) is 18.9 Å². The number of amides is 1. The molecule has 2 heterocycles. The molecule has 1 aromatic carbocycles. The Labute approximate surface area is 148 Å². The van der Waals surface area contributed by atoms with Crippen LogP contribution in [0.1, 0.15) is 32.9 Å². The Hall–Kier alpha value is -2.45. The Morgan fingerprint density at radius 1 is 1.36 bits per heavy atom. The zero-order valence-corrected chi connectivity index (χ0v) is 14.5. The SMILES string of the molecule is COC(=O)c1cnc(NC(=O)c2ccc(OCC3CCCO3)cc2)s1. The van der Waals surface area contributed by atoms with Crippen molar-refractivity contribution in [3.8, 4) is 5.75 Å². The molecular formula is C17H18N2O5S. The third-order valence-corrected chi connectivity index (χ3v) is 4.58. The molecule has 0 saturated carbocycles. The molecule has 1 N–H and O–H groups in total. The fraction of sp³-hybridized carbons (Fsp3) is 0.353. The lowest BCUT2D eigenvalue weighted by atomic mass is 10.2. The standard InChI is InChI=1S/C17H18N2O5S/c1-22-16(21)14-9-18-17(25-14)19-15(20)11-4-6-12(7-5-11)24-10-13-3-2-8-23-13/h4-7,9,13H,2-3,8,10H2,1H3,(H,18,19,20). The molecule has 2 aromatic rings. The van der Waals surface area contributed by atoms with Gasteiger partial charge in [-0.15, -0.1) is 0 Å². The van der Waals surface area contributed by atoms with Crippen molar-refractivity contribution in [2.75, 3.05) is 25.6 Å². The van der Waals surface area contributed by atoms with E-state index in [9.17, 15) is 9.59 Å². The molecule has 3 rings (SSSR count). The van der Waals surface area contributed by atoms with Gasteiger partial charge in [0.15, 0.2) is 5.13 Å². The summed E-state index contributed by atoms with van der Waals surface area (Å²) >= 11 is 1.06. The molecular weight excluding hydrogens is 344 g/mol. The Kier molecular flexibility index (Phi) is 5.62. The molecule has 0 radical (unpaired) electrons. The molecule has 0 aliphatic carbocycles. The summed E-state index contributed by atoms with van der Waals surface area (Å²) in [5.41, 5.74) is 0.472. The minimum Gasteiger partial charge on any atom is -0.491 e. The van der Waals surface area contributed by atoms with Gasteiger partial charge in [-0.25, -0.2) is 9.78 Å². The predicted molar refractivity (Wildman–Crippen MR) is 92.3 cm³/mol. The van der Waals surface area contributed by atoms with E-state index in [-0.39, 0.29) is 12.0 Å².